The molecule has 1 aliphatic rings. The highest BCUT2D eigenvalue weighted by atomic mass is 35.5. The van der Waals surface area contributed by atoms with E-state index in [2.05, 4.69) is 15.2 Å². The molecule has 220 valence electrons. The van der Waals surface area contributed by atoms with E-state index in [9.17, 15) is 32.7 Å². The number of benzene rings is 2. The third-order valence-corrected chi connectivity index (χ3v) is 7.10. The molecule has 1 fully saturated rings. The quantitative estimate of drug-likeness (QED) is 0.311. The van der Waals surface area contributed by atoms with Crippen molar-refractivity contribution in [2.45, 2.75) is 31.8 Å². The number of aliphatic hydroxyl groups excluding tert-OH is 1. The lowest BCUT2D eigenvalue weighted by Gasteiger charge is -2.18. The first-order valence-electron chi connectivity index (χ1n) is 12.7. The lowest BCUT2D eigenvalue weighted by Crippen LogP contribution is -2.37. The van der Waals surface area contributed by atoms with Crippen LogP contribution in [0.3, 0.4) is 0 Å². The number of carbonyl (C=O) groups is 2. The first-order chi connectivity index (χ1) is 19.9. The number of nitrogens with zero attached hydrogens (tertiary/aromatic N) is 7. The van der Waals surface area contributed by atoms with E-state index in [-0.39, 0.29) is 30.6 Å². The molecule has 0 bridgehead atoms. The Morgan fingerprint density at radius 2 is 1.83 bits per heavy atom. The van der Waals surface area contributed by atoms with Gasteiger partial charge in [0.05, 0.1) is 23.7 Å². The summed E-state index contributed by atoms with van der Waals surface area (Å²) >= 11 is 5.92. The van der Waals surface area contributed by atoms with Gasteiger partial charge in [-0.2, -0.15) is 13.2 Å². The van der Waals surface area contributed by atoms with E-state index in [1.54, 1.807) is 24.3 Å². The van der Waals surface area contributed by atoms with Gasteiger partial charge in [-0.25, -0.2) is 19.1 Å². The van der Waals surface area contributed by atoms with Crippen molar-refractivity contribution in [3.05, 3.63) is 81.8 Å². The van der Waals surface area contributed by atoms with Gasteiger partial charge in [0.25, 0.3) is 5.91 Å². The number of hydrogen-bond acceptors (Lipinski definition) is 7. The van der Waals surface area contributed by atoms with Gasteiger partial charge in [0, 0.05) is 23.7 Å². The molecule has 1 saturated heterocycles. The molecule has 2 atom stereocenters. The smallest absolute Gasteiger partial charge is 0.382 e. The fourth-order valence-electron chi connectivity index (χ4n) is 4.62. The molecule has 4 aromatic rings. The molecule has 3 N–H and O–H groups in total. The number of halogens is 4. The molecule has 0 unspecified atom stereocenters. The van der Waals surface area contributed by atoms with Crippen LogP contribution in [0.5, 0.6) is 0 Å². The lowest BCUT2D eigenvalue weighted by atomic mass is 10.1. The lowest BCUT2D eigenvalue weighted by molar-refractivity contribution is -0.207. The van der Waals surface area contributed by atoms with Crippen molar-refractivity contribution in [3.63, 3.8) is 0 Å². The minimum Gasteiger partial charge on any atom is -0.382 e. The number of hydrogen-bond donors (Lipinski definition) is 2. The van der Waals surface area contributed by atoms with Crippen LogP contribution in [-0.4, -0.2) is 76.3 Å². The molecule has 42 heavy (non-hydrogen) atoms. The van der Waals surface area contributed by atoms with Crippen molar-refractivity contribution >= 4 is 23.4 Å². The number of nitrogens with two attached hydrogens (primary N) is 1. The number of amides is 2. The second-order valence-electron chi connectivity index (χ2n) is 9.70. The zero-order valence-corrected chi connectivity index (χ0v) is 22.5. The molecular weight excluding hydrogens is 581 g/mol. The summed E-state index contributed by atoms with van der Waals surface area (Å²) in [4.78, 5) is 43.7. The zero-order chi connectivity index (χ0) is 30.2. The van der Waals surface area contributed by atoms with E-state index in [1.165, 1.54) is 40.2 Å². The van der Waals surface area contributed by atoms with Crippen molar-refractivity contribution in [2.75, 3.05) is 13.1 Å². The average molecular weight is 605 g/mol. The van der Waals surface area contributed by atoms with Gasteiger partial charge in [-0.3, -0.25) is 14.2 Å². The van der Waals surface area contributed by atoms with Crippen molar-refractivity contribution in [1.29, 1.82) is 0 Å². The van der Waals surface area contributed by atoms with Crippen molar-refractivity contribution in [2.24, 2.45) is 11.7 Å². The maximum atomic E-state index is 13.3. The molecule has 5 rings (SSSR count). The van der Waals surface area contributed by atoms with Gasteiger partial charge in [-0.05, 0) is 42.8 Å². The van der Waals surface area contributed by atoms with E-state index in [1.807, 2.05) is 0 Å². The molecule has 2 aromatic heterocycles. The Morgan fingerprint density at radius 1 is 1.12 bits per heavy atom. The highest BCUT2D eigenvalue weighted by Gasteiger charge is 2.39. The predicted octanol–water partition coefficient (Wildman–Crippen LogP) is 1.86. The molecule has 0 aliphatic carbocycles. The number of aliphatic hydroxyl groups is 1. The highest BCUT2D eigenvalue weighted by Crippen LogP contribution is 2.25. The minimum atomic E-state index is -4.96. The van der Waals surface area contributed by atoms with Gasteiger partial charge in [-0.1, -0.05) is 23.7 Å². The number of rotatable bonds is 8. The largest absolute Gasteiger partial charge is 0.416 e. The molecule has 0 saturated carbocycles. The highest BCUT2D eigenvalue weighted by molar-refractivity contribution is 6.30. The van der Waals surface area contributed by atoms with Crippen LogP contribution in [0.2, 0.25) is 5.02 Å². The maximum Gasteiger partial charge on any atom is 0.416 e. The van der Waals surface area contributed by atoms with Crippen molar-refractivity contribution < 1.29 is 27.9 Å². The van der Waals surface area contributed by atoms with Crippen LogP contribution in [0.15, 0.2) is 59.7 Å². The molecule has 2 aromatic carbocycles. The molecule has 3 heterocycles. The van der Waals surface area contributed by atoms with Crippen LogP contribution in [0.25, 0.3) is 17.1 Å². The predicted molar refractivity (Wildman–Crippen MR) is 143 cm³/mol. The molecule has 16 heteroatoms. The summed E-state index contributed by atoms with van der Waals surface area (Å²) in [6, 6.07) is 12.6. The zero-order valence-electron chi connectivity index (χ0n) is 21.8. The second kappa shape index (κ2) is 11.4. The third kappa shape index (κ3) is 5.92. The Labute approximate surface area is 240 Å². The molecule has 2 amide bonds. The molecule has 0 spiro atoms. The SMILES string of the molecule is NC(=O)[C@@H]1CCN(C(=O)c2ccccc2-n2cnc(Cn3nc(-c4ccc(Cl)cc4)n(C[C@H](O)C(F)(F)F)c3=O)n2)C1. The summed E-state index contributed by atoms with van der Waals surface area (Å²) in [6.45, 7) is -0.821. The van der Waals surface area contributed by atoms with Gasteiger partial charge in [0.1, 0.15) is 12.9 Å². The molecule has 12 nitrogen and oxygen atoms in total. The Bertz CT molecular complexity index is 1680. The first-order valence-corrected chi connectivity index (χ1v) is 13.1. The number of likely N-dealkylation sites (tertiary alicyclic amines) is 1. The van der Waals surface area contributed by atoms with Gasteiger partial charge in [0.2, 0.25) is 5.91 Å². The summed E-state index contributed by atoms with van der Waals surface area (Å²) in [5, 5.41) is 18.6. The van der Waals surface area contributed by atoms with Crippen molar-refractivity contribution in [1.82, 2.24) is 34.0 Å². The Balaban J connectivity index is 1.43. The van der Waals surface area contributed by atoms with Gasteiger partial charge in [0.15, 0.2) is 17.8 Å². The summed E-state index contributed by atoms with van der Waals surface area (Å²) < 4.78 is 42.3. The average Bonchev–Trinajstić information content (AvgIpc) is 3.70. The van der Waals surface area contributed by atoms with Gasteiger partial charge < -0.3 is 15.7 Å². The Hall–Kier alpha value is -4.50. The van der Waals surface area contributed by atoms with E-state index in [0.717, 1.165) is 9.25 Å². The van der Waals surface area contributed by atoms with E-state index >= 15 is 0 Å². The maximum absolute atomic E-state index is 13.3. The molecule has 1 aliphatic heterocycles. The number of primary amides is 1. The monoisotopic (exact) mass is 604 g/mol. The van der Waals surface area contributed by atoms with Gasteiger partial charge in [-0.15, -0.1) is 10.2 Å². The van der Waals surface area contributed by atoms with Crippen LogP contribution < -0.4 is 11.4 Å². The summed E-state index contributed by atoms with van der Waals surface area (Å²) in [6.07, 6.45) is -5.97. The minimum absolute atomic E-state index is 0.0815. The van der Waals surface area contributed by atoms with Crippen molar-refractivity contribution in [3.8, 4) is 17.1 Å². The topological polar surface area (TPSA) is 154 Å². The second-order valence-corrected chi connectivity index (χ2v) is 10.1. The van der Waals surface area contributed by atoms with Crippen LogP contribution in [0.4, 0.5) is 13.2 Å². The summed E-state index contributed by atoms with van der Waals surface area (Å²) in [5.41, 5.74) is 5.45. The van der Waals surface area contributed by atoms with Gasteiger partial charge >= 0.3 is 11.9 Å². The van der Waals surface area contributed by atoms with E-state index in [0.29, 0.717) is 34.8 Å². The summed E-state index contributed by atoms with van der Waals surface area (Å²) in [7, 11) is 0. The van der Waals surface area contributed by atoms with Crippen LogP contribution in [0.1, 0.15) is 22.6 Å². The van der Waals surface area contributed by atoms with Crippen LogP contribution in [0, 0.1) is 5.92 Å². The fourth-order valence-corrected chi connectivity index (χ4v) is 4.74. The van der Waals surface area contributed by atoms with Crippen LogP contribution in [-0.2, 0) is 17.9 Å². The Kier molecular flexibility index (Phi) is 7.88. The molecular formula is C26H24ClF3N8O4. The Morgan fingerprint density at radius 3 is 2.50 bits per heavy atom. The normalized spacial score (nSPS) is 16.1. The van der Waals surface area contributed by atoms with Crippen LogP contribution >= 0.6 is 11.6 Å². The third-order valence-electron chi connectivity index (χ3n) is 6.85. The first kappa shape index (κ1) is 29.0. The van der Waals surface area contributed by atoms with E-state index < -0.39 is 36.3 Å². The number of alkyl halides is 3. The standard InChI is InChI=1S/C26H24ClF3N8O4/c27-17-7-5-15(6-8-17)23-34-37(25(42)36(23)12-20(39)26(28,29)30)13-21-32-14-38(33-21)19-4-2-1-3-18(19)24(41)35-10-9-16(11-35)22(31)40/h1-8,14,16,20,39H,9-13H2,(H2,31,40)/t16-,20+/m1/s1. The number of aromatic nitrogens is 6. The number of carbonyl (C=O) groups excluding carboxylic acids is 2. The number of para-hydroxylation sites is 1. The molecule has 0 radical (unpaired) electrons. The summed E-state index contributed by atoms with van der Waals surface area (Å²) in [5.74, 6) is -1.25. The fraction of sp³-hybridized carbons (Fsp3) is 0.308. The van der Waals surface area contributed by atoms with E-state index in [4.69, 9.17) is 17.3 Å².